The normalized spacial score (nSPS) is 11.4. The summed E-state index contributed by atoms with van der Waals surface area (Å²) in [4.78, 5) is 17.3. The van der Waals surface area contributed by atoms with Crippen molar-refractivity contribution in [1.29, 1.82) is 0 Å². The SMILES string of the molecule is COCCONS(=O)(=O)c1nnc(NC(C)=O)s1. The first-order chi connectivity index (χ1) is 8.45. The smallest absolute Gasteiger partial charge is 0.291 e. The van der Waals surface area contributed by atoms with Gasteiger partial charge in [0.15, 0.2) is 0 Å². The van der Waals surface area contributed by atoms with Crippen molar-refractivity contribution >= 4 is 32.4 Å². The Labute approximate surface area is 108 Å². The van der Waals surface area contributed by atoms with E-state index in [-0.39, 0.29) is 28.6 Å². The highest BCUT2D eigenvalue weighted by Crippen LogP contribution is 2.19. The Bertz CT molecular complexity index is 500. The van der Waals surface area contributed by atoms with Crippen LogP contribution in [0.3, 0.4) is 0 Å². The Balaban J connectivity index is 2.61. The molecule has 18 heavy (non-hydrogen) atoms. The van der Waals surface area contributed by atoms with Crippen molar-refractivity contribution in [3.63, 3.8) is 0 Å². The van der Waals surface area contributed by atoms with Gasteiger partial charge in [-0.1, -0.05) is 16.2 Å². The van der Waals surface area contributed by atoms with E-state index in [1.807, 2.05) is 4.89 Å². The summed E-state index contributed by atoms with van der Waals surface area (Å²) in [5.74, 6) is -0.362. The molecule has 0 aliphatic heterocycles. The van der Waals surface area contributed by atoms with Crippen molar-refractivity contribution in [2.45, 2.75) is 11.3 Å². The summed E-state index contributed by atoms with van der Waals surface area (Å²) in [5.41, 5.74) is 0. The van der Waals surface area contributed by atoms with Gasteiger partial charge < -0.3 is 10.1 Å². The molecule has 0 saturated carbocycles. The number of nitrogens with zero attached hydrogens (tertiary/aromatic N) is 2. The van der Waals surface area contributed by atoms with Crippen molar-refractivity contribution in [1.82, 2.24) is 15.1 Å². The quantitative estimate of drug-likeness (QED) is 0.390. The molecule has 1 rings (SSSR count). The number of carbonyl (C=O) groups is 1. The molecule has 0 aliphatic carbocycles. The predicted molar refractivity (Wildman–Crippen MR) is 62.4 cm³/mol. The Hall–Kier alpha value is -1.14. The lowest BCUT2D eigenvalue weighted by Gasteiger charge is -2.03. The molecule has 1 aromatic heterocycles. The Kier molecular flexibility index (Phi) is 5.55. The molecular formula is C7H12N4O5S2. The fourth-order valence-corrected chi connectivity index (χ4v) is 2.56. The van der Waals surface area contributed by atoms with E-state index in [2.05, 4.69) is 25.1 Å². The van der Waals surface area contributed by atoms with Gasteiger partial charge >= 0.3 is 0 Å². The van der Waals surface area contributed by atoms with Gasteiger partial charge in [0.25, 0.3) is 14.4 Å². The van der Waals surface area contributed by atoms with Gasteiger partial charge in [-0.05, 0) is 0 Å². The molecule has 0 saturated heterocycles. The zero-order valence-electron chi connectivity index (χ0n) is 9.67. The minimum absolute atomic E-state index is 0.0626. The molecule has 1 heterocycles. The van der Waals surface area contributed by atoms with Crippen molar-refractivity contribution < 1.29 is 22.8 Å². The highest BCUT2D eigenvalue weighted by molar-refractivity contribution is 7.91. The molecular weight excluding hydrogens is 284 g/mol. The number of nitrogens with one attached hydrogen (secondary N) is 2. The van der Waals surface area contributed by atoms with Crippen LogP contribution < -0.4 is 10.2 Å². The van der Waals surface area contributed by atoms with Gasteiger partial charge in [0, 0.05) is 14.0 Å². The summed E-state index contributed by atoms with van der Waals surface area (Å²) in [5, 5.41) is 9.36. The number of rotatable bonds is 7. The van der Waals surface area contributed by atoms with E-state index in [0.717, 1.165) is 0 Å². The Morgan fingerprint density at radius 3 is 2.72 bits per heavy atom. The van der Waals surface area contributed by atoms with Crippen LogP contribution in [-0.2, 0) is 24.4 Å². The molecule has 1 amide bonds. The van der Waals surface area contributed by atoms with Crippen molar-refractivity contribution in [3.05, 3.63) is 0 Å². The number of sulfonamides is 1. The van der Waals surface area contributed by atoms with Crippen LogP contribution in [0.2, 0.25) is 0 Å². The standard InChI is InChI=1S/C7H12N4O5S2/c1-5(12)8-6-9-10-7(17-6)18(13,14)11-16-4-3-15-2/h11H,3-4H2,1-2H3,(H,8,9,12). The van der Waals surface area contributed by atoms with Crippen molar-refractivity contribution in [2.24, 2.45) is 0 Å². The van der Waals surface area contributed by atoms with Crippen LogP contribution in [-0.4, -0.2) is 44.8 Å². The van der Waals surface area contributed by atoms with Crippen LogP contribution >= 0.6 is 11.3 Å². The zero-order chi connectivity index (χ0) is 13.6. The maximum Gasteiger partial charge on any atom is 0.291 e. The summed E-state index contributed by atoms with van der Waals surface area (Å²) in [6, 6.07) is 0. The number of methoxy groups -OCH3 is 1. The monoisotopic (exact) mass is 296 g/mol. The fraction of sp³-hybridized carbons (Fsp3) is 0.571. The molecule has 102 valence electrons. The molecule has 1 aromatic rings. The molecule has 0 atom stereocenters. The first-order valence-corrected chi connectivity index (χ1v) is 6.99. The van der Waals surface area contributed by atoms with E-state index in [1.165, 1.54) is 14.0 Å². The maximum atomic E-state index is 11.6. The molecule has 11 heteroatoms. The lowest BCUT2D eigenvalue weighted by molar-refractivity contribution is -0.114. The first-order valence-electron chi connectivity index (χ1n) is 4.69. The van der Waals surface area contributed by atoms with Gasteiger partial charge in [-0.25, -0.2) is 8.42 Å². The van der Waals surface area contributed by atoms with Crippen molar-refractivity contribution in [2.75, 3.05) is 25.6 Å². The predicted octanol–water partition coefficient (Wildman–Crippen LogP) is -0.647. The van der Waals surface area contributed by atoms with Gasteiger partial charge in [-0.2, -0.15) is 0 Å². The van der Waals surface area contributed by atoms with Gasteiger partial charge in [0.2, 0.25) is 11.0 Å². The van der Waals surface area contributed by atoms with E-state index < -0.39 is 10.0 Å². The summed E-state index contributed by atoms with van der Waals surface area (Å²) in [6.45, 7) is 1.59. The molecule has 0 bridgehead atoms. The number of amides is 1. The van der Waals surface area contributed by atoms with Crippen LogP contribution in [0.4, 0.5) is 5.13 Å². The average Bonchev–Trinajstić information content (AvgIpc) is 2.73. The lowest BCUT2D eigenvalue weighted by atomic mass is 10.7. The second-order valence-corrected chi connectivity index (χ2v) is 5.78. The Morgan fingerprint density at radius 2 is 2.11 bits per heavy atom. The minimum Gasteiger partial charge on any atom is -0.382 e. The summed E-state index contributed by atoms with van der Waals surface area (Å²) in [6.07, 6.45) is 0. The highest BCUT2D eigenvalue weighted by Gasteiger charge is 2.20. The molecule has 0 radical (unpaired) electrons. The van der Waals surface area contributed by atoms with Crippen LogP contribution in [0.25, 0.3) is 0 Å². The van der Waals surface area contributed by atoms with Gasteiger partial charge in [-0.15, -0.1) is 10.2 Å². The summed E-state index contributed by atoms with van der Waals surface area (Å²) in [7, 11) is -2.43. The van der Waals surface area contributed by atoms with Crippen LogP contribution in [0.5, 0.6) is 0 Å². The molecule has 0 aliphatic rings. The number of aromatic nitrogens is 2. The topological polar surface area (TPSA) is 120 Å². The van der Waals surface area contributed by atoms with Gasteiger partial charge in [0.05, 0.1) is 13.2 Å². The largest absolute Gasteiger partial charge is 0.382 e. The zero-order valence-corrected chi connectivity index (χ0v) is 11.3. The maximum absolute atomic E-state index is 11.6. The van der Waals surface area contributed by atoms with Crippen LogP contribution in [0.1, 0.15) is 6.92 Å². The van der Waals surface area contributed by atoms with Crippen molar-refractivity contribution in [3.8, 4) is 0 Å². The third-order valence-electron chi connectivity index (χ3n) is 1.48. The number of ether oxygens (including phenoxy) is 1. The molecule has 0 spiro atoms. The fourth-order valence-electron chi connectivity index (χ4n) is 0.799. The van der Waals surface area contributed by atoms with E-state index >= 15 is 0 Å². The number of hydrogen-bond acceptors (Lipinski definition) is 8. The first kappa shape index (κ1) is 14.9. The molecule has 9 nitrogen and oxygen atoms in total. The second-order valence-electron chi connectivity index (χ2n) is 2.98. The van der Waals surface area contributed by atoms with Gasteiger partial charge in [-0.3, -0.25) is 9.63 Å². The van der Waals surface area contributed by atoms with E-state index in [1.54, 1.807) is 0 Å². The van der Waals surface area contributed by atoms with Crippen LogP contribution in [0.15, 0.2) is 4.34 Å². The van der Waals surface area contributed by atoms with Crippen LogP contribution in [0, 0.1) is 0 Å². The van der Waals surface area contributed by atoms with E-state index in [4.69, 9.17) is 0 Å². The van der Waals surface area contributed by atoms with E-state index in [9.17, 15) is 13.2 Å². The molecule has 0 unspecified atom stereocenters. The third kappa shape index (κ3) is 4.62. The summed E-state index contributed by atoms with van der Waals surface area (Å²) >= 11 is 0.716. The summed E-state index contributed by atoms with van der Waals surface area (Å²) < 4.78 is 27.6. The van der Waals surface area contributed by atoms with E-state index in [0.29, 0.717) is 11.3 Å². The molecule has 2 N–H and O–H groups in total. The number of hydrogen-bond donors (Lipinski definition) is 2. The molecule has 0 aromatic carbocycles. The lowest BCUT2D eigenvalue weighted by Crippen LogP contribution is -2.25. The number of carbonyl (C=O) groups excluding carboxylic acids is 1. The minimum atomic E-state index is -3.89. The Morgan fingerprint density at radius 1 is 1.39 bits per heavy atom. The second kappa shape index (κ2) is 6.70. The van der Waals surface area contributed by atoms with Gasteiger partial charge in [0.1, 0.15) is 0 Å². The molecule has 0 fully saturated rings. The average molecular weight is 296 g/mol. The highest BCUT2D eigenvalue weighted by atomic mass is 32.2. The third-order valence-corrected chi connectivity index (χ3v) is 3.90. The number of anilines is 1.